The Labute approximate surface area is 130 Å². The maximum absolute atomic E-state index is 12.1. The van der Waals surface area contributed by atoms with E-state index in [0.717, 1.165) is 24.1 Å². The first-order valence-corrected chi connectivity index (χ1v) is 7.62. The van der Waals surface area contributed by atoms with Crippen LogP contribution in [0.25, 0.3) is 0 Å². The zero-order valence-electron chi connectivity index (χ0n) is 12.4. The van der Waals surface area contributed by atoms with Crippen molar-refractivity contribution >= 4 is 29.0 Å². The van der Waals surface area contributed by atoms with Crippen LogP contribution in [0.5, 0.6) is 0 Å². The number of fused-ring (bicyclic) bond motifs is 1. The van der Waals surface area contributed by atoms with Crippen LogP contribution >= 0.6 is 11.6 Å². The number of anilines is 1. The fourth-order valence-electron chi connectivity index (χ4n) is 2.58. The van der Waals surface area contributed by atoms with Crippen LogP contribution < -0.4 is 4.90 Å². The van der Waals surface area contributed by atoms with E-state index in [9.17, 15) is 9.59 Å². The van der Waals surface area contributed by atoms with E-state index in [-0.39, 0.29) is 18.3 Å². The van der Waals surface area contributed by atoms with Gasteiger partial charge in [-0.1, -0.05) is 6.92 Å². The van der Waals surface area contributed by atoms with Gasteiger partial charge in [-0.3, -0.25) is 9.59 Å². The second-order valence-corrected chi connectivity index (χ2v) is 5.69. The summed E-state index contributed by atoms with van der Waals surface area (Å²) in [5.74, 6) is -0.108. The Morgan fingerprint density at radius 3 is 2.86 bits per heavy atom. The van der Waals surface area contributed by atoms with Gasteiger partial charge in [0.2, 0.25) is 0 Å². The lowest BCUT2D eigenvalue weighted by Crippen LogP contribution is -2.37. The molecular weight excluding hydrogens is 290 g/mol. The van der Waals surface area contributed by atoms with Gasteiger partial charge >= 0.3 is 0 Å². The Balaban J connectivity index is 2.28. The summed E-state index contributed by atoms with van der Waals surface area (Å²) >= 11 is 6.02. The molecule has 1 amide bonds. The van der Waals surface area contributed by atoms with Crippen LogP contribution in [0, 0.1) is 0 Å². The summed E-state index contributed by atoms with van der Waals surface area (Å²) in [7, 11) is 1.51. The third-order valence-corrected chi connectivity index (χ3v) is 4.20. The van der Waals surface area contributed by atoms with Crippen molar-refractivity contribution in [2.45, 2.75) is 31.6 Å². The Morgan fingerprint density at radius 1 is 1.43 bits per heavy atom. The maximum atomic E-state index is 12.1. The average Bonchev–Trinajstić information content (AvgIpc) is 2.52. The molecule has 1 heterocycles. The molecule has 1 aliphatic heterocycles. The number of carbonyl (C=O) groups excluding carboxylic acids is 2. The second kappa shape index (κ2) is 7.05. The molecule has 114 valence electrons. The van der Waals surface area contributed by atoms with Crippen molar-refractivity contribution in [3.8, 4) is 0 Å². The number of ketones is 1. The molecule has 21 heavy (non-hydrogen) atoms. The Hall–Kier alpha value is -1.39. The molecule has 0 aliphatic carbocycles. The number of nitrogens with zero attached hydrogens (tertiary/aromatic N) is 1. The minimum Gasteiger partial charge on any atom is -0.375 e. The summed E-state index contributed by atoms with van der Waals surface area (Å²) in [6.07, 6.45) is 2.36. The molecule has 0 saturated carbocycles. The smallest absolute Gasteiger partial charge is 0.252 e. The van der Waals surface area contributed by atoms with Crippen LogP contribution in [0.1, 0.15) is 35.7 Å². The third-order valence-electron chi connectivity index (χ3n) is 3.69. The van der Waals surface area contributed by atoms with Gasteiger partial charge in [0.15, 0.2) is 5.78 Å². The van der Waals surface area contributed by atoms with Gasteiger partial charge in [0.05, 0.1) is 5.38 Å². The molecule has 5 heteroatoms. The van der Waals surface area contributed by atoms with E-state index in [1.54, 1.807) is 11.0 Å². The topological polar surface area (TPSA) is 46.6 Å². The lowest BCUT2D eigenvalue weighted by atomic mass is 9.96. The first kappa shape index (κ1) is 16.0. The predicted molar refractivity (Wildman–Crippen MR) is 83.3 cm³/mol. The minimum atomic E-state index is -0.488. The molecule has 4 nitrogen and oxygen atoms in total. The number of methoxy groups -OCH3 is 1. The van der Waals surface area contributed by atoms with E-state index in [2.05, 4.69) is 0 Å². The summed E-state index contributed by atoms with van der Waals surface area (Å²) in [4.78, 5) is 25.9. The first-order chi connectivity index (χ1) is 10.1. The molecule has 0 saturated heterocycles. The van der Waals surface area contributed by atoms with Crippen LogP contribution in [0.4, 0.5) is 5.69 Å². The van der Waals surface area contributed by atoms with Gasteiger partial charge in [-0.25, -0.2) is 0 Å². The van der Waals surface area contributed by atoms with Gasteiger partial charge in [-0.2, -0.15) is 0 Å². The molecule has 0 fully saturated rings. The van der Waals surface area contributed by atoms with Gasteiger partial charge in [0, 0.05) is 24.9 Å². The zero-order valence-corrected chi connectivity index (χ0v) is 13.2. The fourth-order valence-corrected chi connectivity index (χ4v) is 2.70. The molecule has 1 atom stereocenters. The maximum Gasteiger partial charge on any atom is 0.252 e. The highest BCUT2D eigenvalue weighted by molar-refractivity contribution is 6.33. The molecule has 0 spiro atoms. The largest absolute Gasteiger partial charge is 0.375 e. The molecule has 0 N–H and O–H groups in total. The molecule has 0 radical (unpaired) electrons. The summed E-state index contributed by atoms with van der Waals surface area (Å²) in [5, 5.41) is -0.488. The zero-order chi connectivity index (χ0) is 15.4. The van der Waals surface area contributed by atoms with Crippen LogP contribution in [-0.2, 0) is 16.0 Å². The molecule has 1 aliphatic rings. The van der Waals surface area contributed by atoms with Gasteiger partial charge in [0.25, 0.3) is 5.91 Å². The van der Waals surface area contributed by atoms with Crippen LogP contribution in [0.2, 0.25) is 0 Å². The summed E-state index contributed by atoms with van der Waals surface area (Å²) in [6, 6.07) is 5.47. The number of ether oxygens (including phenoxy) is 1. The van der Waals surface area contributed by atoms with E-state index in [1.165, 1.54) is 7.11 Å². The number of rotatable bonds is 5. The lowest BCUT2D eigenvalue weighted by Gasteiger charge is -2.29. The summed E-state index contributed by atoms with van der Waals surface area (Å²) < 4.78 is 4.92. The molecule has 0 bridgehead atoms. The van der Waals surface area contributed by atoms with Crippen molar-refractivity contribution in [1.29, 1.82) is 0 Å². The van der Waals surface area contributed by atoms with E-state index < -0.39 is 5.38 Å². The second-order valence-electron chi connectivity index (χ2n) is 5.17. The number of benzene rings is 1. The van der Waals surface area contributed by atoms with Gasteiger partial charge < -0.3 is 9.64 Å². The van der Waals surface area contributed by atoms with Crippen LogP contribution in [0.3, 0.4) is 0 Å². The third kappa shape index (κ3) is 3.44. The highest BCUT2D eigenvalue weighted by Gasteiger charge is 2.24. The first-order valence-electron chi connectivity index (χ1n) is 7.19. The molecular formula is C16H20ClNO3. The van der Waals surface area contributed by atoms with E-state index >= 15 is 0 Å². The van der Waals surface area contributed by atoms with Crippen molar-refractivity contribution in [3.63, 3.8) is 0 Å². The molecule has 1 aromatic rings. The molecule has 2 rings (SSSR count). The summed E-state index contributed by atoms with van der Waals surface area (Å²) in [5.41, 5.74) is 2.52. The predicted octanol–water partition coefficient (Wildman–Crippen LogP) is 2.81. The quantitative estimate of drug-likeness (QED) is 0.620. The standard InChI is InChI=1S/C16H20ClNO3/c1-3-13(17)16(20)12-6-7-14-11(9-12)5-4-8-18(14)15(19)10-21-2/h6-7,9,13H,3-5,8,10H2,1-2H3. The molecule has 0 aromatic heterocycles. The number of amides is 1. The van der Waals surface area contributed by atoms with E-state index in [1.807, 2.05) is 19.1 Å². The van der Waals surface area contributed by atoms with Crippen LogP contribution in [-0.4, -0.2) is 37.3 Å². The number of hydrogen-bond acceptors (Lipinski definition) is 3. The molecule has 1 unspecified atom stereocenters. The number of alkyl halides is 1. The Morgan fingerprint density at radius 2 is 2.19 bits per heavy atom. The average molecular weight is 310 g/mol. The SMILES string of the molecule is CCC(Cl)C(=O)c1ccc2c(c1)CCCN2C(=O)COC. The molecule has 1 aromatic carbocycles. The van der Waals surface area contributed by atoms with Gasteiger partial charge in [-0.15, -0.1) is 11.6 Å². The Kier molecular flexibility index (Phi) is 5.37. The van der Waals surface area contributed by atoms with Crippen molar-refractivity contribution in [3.05, 3.63) is 29.3 Å². The normalized spacial score (nSPS) is 15.5. The van der Waals surface area contributed by atoms with E-state index in [4.69, 9.17) is 16.3 Å². The van der Waals surface area contributed by atoms with Gasteiger partial charge in [-0.05, 0) is 43.0 Å². The number of aryl methyl sites for hydroxylation is 1. The minimum absolute atomic E-state index is 0.0534. The van der Waals surface area contributed by atoms with E-state index in [0.29, 0.717) is 18.5 Å². The lowest BCUT2D eigenvalue weighted by molar-refractivity contribution is -0.122. The highest BCUT2D eigenvalue weighted by Crippen LogP contribution is 2.29. The number of halogens is 1. The van der Waals surface area contributed by atoms with Crippen molar-refractivity contribution in [2.75, 3.05) is 25.2 Å². The summed E-state index contributed by atoms with van der Waals surface area (Å²) in [6.45, 7) is 2.65. The Bertz CT molecular complexity index is 544. The fraction of sp³-hybridized carbons (Fsp3) is 0.500. The number of Topliss-reactive ketones (excluding diaryl/α,β-unsaturated/α-hetero) is 1. The van der Waals surface area contributed by atoms with Crippen molar-refractivity contribution < 1.29 is 14.3 Å². The van der Waals surface area contributed by atoms with Gasteiger partial charge in [0.1, 0.15) is 6.61 Å². The van der Waals surface area contributed by atoms with Crippen LogP contribution in [0.15, 0.2) is 18.2 Å². The van der Waals surface area contributed by atoms with Crippen molar-refractivity contribution in [1.82, 2.24) is 0 Å². The number of hydrogen-bond donors (Lipinski definition) is 0. The highest BCUT2D eigenvalue weighted by atomic mass is 35.5. The monoisotopic (exact) mass is 309 g/mol. The van der Waals surface area contributed by atoms with Crippen molar-refractivity contribution in [2.24, 2.45) is 0 Å². The number of carbonyl (C=O) groups is 2.